The van der Waals surface area contributed by atoms with Crippen LogP contribution in [0.15, 0.2) is 4.52 Å². The summed E-state index contributed by atoms with van der Waals surface area (Å²) in [7, 11) is 1.70. The van der Waals surface area contributed by atoms with E-state index in [4.69, 9.17) is 14.0 Å². The molecule has 3 rings (SSSR count). The first-order valence-electron chi connectivity index (χ1n) is 9.63. The van der Waals surface area contributed by atoms with Gasteiger partial charge in [-0.05, 0) is 32.1 Å². The molecule has 2 saturated heterocycles. The van der Waals surface area contributed by atoms with Crippen molar-refractivity contribution in [2.45, 2.75) is 50.5 Å². The Morgan fingerprint density at radius 1 is 1.35 bits per heavy atom. The summed E-state index contributed by atoms with van der Waals surface area (Å²) in [5.74, 6) is 1.71. The molecule has 0 radical (unpaired) electrons. The minimum absolute atomic E-state index is 0.0800. The second-order valence-corrected chi connectivity index (χ2v) is 7.17. The second kappa shape index (κ2) is 8.92. The molecule has 0 spiro atoms. The van der Waals surface area contributed by atoms with Gasteiger partial charge in [0.25, 0.3) is 5.89 Å². The van der Waals surface area contributed by atoms with E-state index in [1.165, 1.54) is 0 Å². The fraction of sp³-hybridized carbons (Fsp3) is 0.833. The van der Waals surface area contributed by atoms with Crippen LogP contribution in [0.1, 0.15) is 56.7 Å². The van der Waals surface area contributed by atoms with Crippen molar-refractivity contribution in [3.63, 3.8) is 0 Å². The molecule has 0 aliphatic carbocycles. The Hall–Kier alpha value is -1.51. The van der Waals surface area contributed by atoms with Crippen molar-refractivity contribution >= 4 is 5.91 Å². The molecule has 8 heteroatoms. The van der Waals surface area contributed by atoms with Crippen molar-refractivity contribution in [3.8, 4) is 0 Å². The number of ether oxygens (including phenoxy) is 2. The van der Waals surface area contributed by atoms with Crippen molar-refractivity contribution in [2.24, 2.45) is 0 Å². The van der Waals surface area contributed by atoms with Crippen LogP contribution in [0.4, 0.5) is 0 Å². The predicted octanol–water partition coefficient (Wildman–Crippen LogP) is 1.43. The van der Waals surface area contributed by atoms with Crippen LogP contribution >= 0.6 is 0 Å². The Kier molecular flexibility index (Phi) is 6.61. The number of likely N-dealkylation sites (tertiary alicyclic amines) is 1. The fourth-order valence-corrected chi connectivity index (χ4v) is 3.64. The molecular formula is C18H30N4O4. The molecule has 0 saturated carbocycles. The van der Waals surface area contributed by atoms with Crippen LogP contribution in [0.25, 0.3) is 0 Å². The molecular weight excluding hydrogens is 336 g/mol. The minimum atomic E-state index is -0.549. The third kappa shape index (κ3) is 4.42. The van der Waals surface area contributed by atoms with Gasteiger partial charge >= 0.3 is 0 Å². The zero-order chi connectivity index (χ0) is 18.4. The molecule has 1 aromatic rings. The van der Waals surface area contributed by atoms with Gasteiger partial charge in [-0.2, -0.15) is 4.98 Å². The van der Waals surface area contributed by atoms with Crippen LogP contribution in [0, 0.1) is 0 Å². The number of methoxy groups -OCH3 is 1. The van der Waals surface area contributed by atoms with Crippen LogP contribution < -0.4 is 5.32 Å². The molecule has 2 aliphatic heterocycles. The highest BCUT2D eigenvalue weighted by atomic mass is 16.5. The minimum Gasteiger partial charge on any atom is -0.381 e. The lowest BCUT2D eigenvalue weighted by molar-refractivity contribution is -0.125. The summed E-state index contributed by atoms with van der Waals surface area (Å²) in [6, 6.07) is 0. The van der Waals surface area contributed by atoms with Gasteiger partial charge in [0.2, 0.25) is 5.91 Å². The van der Waals surface area contributed by atoms with Crippen molar-refractivity contribution in [1.82, 2.24) is 20.4 Å². The molecule has 1 N–H and O–H groups in total. The quantitative estimate of drug-likeness (QED) is 0.781. The lowest BCUT2D eigenvalue weighted by Crippen LogP contribution is -2.47. The molecule has 0 unspecified atom stereocenters. The first kappa shape index (κ1) is 19.3. The number of piperidine rings is 1. The van der Waals surface area contributed by atoms with Crippen molar-refractivity contribution in [2.75, 3.05) is 46.5 Å². The zero-order valence-corrected chi connectivity index (χ0v) is 15.8. The van der Waals surface area contributed by atoms with E-state index in [2.05, 4.69) is 20.4 Å². The summed E-state index contributed by atoms with van der Waals surface area (Å²) in [5.41, 5.74) is -0.549. The average molecular weight is 366 g/mol. The average Bonchev–Trinajstić information content (AvgIpc) is 3.19. The summed E-state index contributed by atoms with van der Waals surface area (Å²) < 4.78 is 16.8. The molecule has 1 amide bonds. The van der Waals surface area contributed by atoms with Crippen LogP contribution in [-0.2, 0) is 19.9 Å². The SMILES string of the molecule is CCCNC(=O)CN1CCC(OC)(c2nc(C3CCOCC3)no2)CC1. The van der Waals surface area contributed by atoms with E-state index in [1.807, 2.05) is 6.92 Å². The van der Waals surface area contributed by atoms with E-state index in [0.29, 0.717) is 18.4 Å². The van der Waals surface area contributed by atoms with Gasteiger partial charge in [-0.1, -0.05) is 12.1 Å². The first-order valence-corrected chi connectivity index (χ1v) is 9.63. The molecule has 0 bridgehead atoms. The molecule has 0 atom stereocenters. The van der Waals surface area contributed by atoms with Gasteiger partial charge in [0.1, 0.15) is 5.60 Å². The van der Waals surface area contributed by atoms with Gasteiger partial charge in [-0.25, -0.2) is 0 Å². The van der Waals surface area contributed by atoms with Gasteiger partial charge in [0.15, 0.2) is 5.82 Å². The third-order valence-electron chi connectivity index (χ3n) is 5.41. The lowest BCUT2D eigenvalue weighted by Gasteiger charge is -2.37. The number of hydrogen-bond acceptors (Lipinski definition) is 7. The maximum absolute atomic E-state index is 11.9. The number of carbonyl (C=O) groups excluding carboxylic acids is 1. The van der Waals surface area contributed by atoms with E-state index in [-0.39, 0.29) is 5.91 Å². The predicted molar refractivity (Wildman–Crippen MR) is 94.8 cm³/mol. The van der Waals surface area contributed by atoms with Crippen molar-refractivity contribution < 1.29 is 18.8 Å². The summed E-state index contributed by atoms with van der Waals surface area (Å²) in [5, 5.41) is 7.13. The van der Waals surface area contributed by atoms with Crippen LogP contribution in [0.2, 0.25) is 0 Å². The Morgan fingerprint density at radius 2 is 2.08 bits per heavy atom. The van der Waals surface area contributed by atoms with Crippen LogP contribution in [-0.4, -0.2) is 67.5 Å². The third-order valence-corrected chi connectivity index (χ3v) is 5.41. The summed E-state index contributed by atoms with van der Waals surface area (Å²) >= 11 is 0. The van der Waals surface area contributed by atoms with E-state index >= 15 is 0 Å². The molecule has 8 nitrogen and oxygen atoms in total. The zero-order valence-electron chi connectivity index (χ0n) is 15.8. The molecule has 1 aromatic heterocycles. The maximum Gasteiger partial charge on any atom is 0.258 e. The molecule has 2 fully saturated rings. The number of amides is 1. The highest BCUT2D eigenvalue weighted by Crippen LogP contribution is 2.36. The topological polar surface area (TPSA) is 89.7 Å². The summed E-state index contributed by atoms with van der Waals surface area (Å²) in [4.78, 5) is 18.7. The van der Waals surface area contributed by atoms with Crippen LogP contribution in [0.5, 0.6) is 0 Å². The molecule has 2 aliphatic rings. The number of rotatable bonds is 7. The van der Waals surface area contributed by atoms with Crippen molar-refractivity contribution in [1.29, 1.82) is 0 Å². The number of nitrogens with one attached hydrogen (secondary N) is 1. The second-order valence-electron chi connectivity index (χ2n) is 7.17. The fourth-order valence-electron chi connectivity index (χ4n) is 3.64. The summed E-state index contributed by atoms with van der Waals surface area (Å²) in [6.07, 6.45) is 4.28. The Balaban J connectivity index is 1.58. The highest BCUT2D eigenvalue weighted by Gasteiger charge is 2.42. The van der Waals surface area contributed by atoms with E-state index in [1.54, 1.807) is 7.11 Å². The van der Waals surface area contributed by atoms with Gasteiger partial charge in [0.05, 0.1) is 6.54 Å². The lowest BCUT2D eigenvalue weighted by atomic mass is 9.90. The number of aromatic nitrogens is 2. The van der Waals surface area contributed by atoms with E-state index in [9.17, 15) is 4.79 Å². The molecule has 0 aromatic carbocycles. The largest absolute Gasteiger partial charge is 0.381 e. The maximum atomic E-state index is 11.9. The standard InChI is InChI=1S/C18H30N4O4/c1-3-8-19-15(23)13-22-9-6-18(24-2,7-10-22)17-20-16(21-26-17)14-4-11-25-12-5-14/h14H,3-13H2,1-2H3,(H,19,23). The Bertz CT molecular complexity index is 578. The van der Waals surface area contributed by atoms with Crippen molar-refractivity contribution in [3.05, 3.63) is 11.7 Å². The van der Waals surface area contributed by atoms with Gasteiger partial charge in [-0.3, -0.25) is 9.69 Å². The smallest absolute Gasteiger partial charge is 0.258 e. The van der Waals surface area contributed by atoms with Gasteiger partial charge in [0, 0.05) is 45.9 Å². The first-order chi connectivity index (χ1) is 12.7. The monoisotopic (exact) mass is 366 g/mol. The number of hydrogen-bond donors (Lipinski definition) is 1. The molecule has 146 valence electrons. The van der Waals surface area contributed by atoms with Gasteiger partial charge < -0.3 is 19.3 Å². The molecule has 3 heterocycles. The number of carbonyl (C=O) groups is 1. The Morgan fingerprint density at radius 3 is 2.73 bits per heavy atom. The van der Waals surface area contributed by atoms with Crippen LogP contribution in [0.3, 0.4) is 0 Å². The Labute approximate surface area is 154 Å². The van der Waals surface area contributed by atoms with Gasteiger partial charge in [-0.15, -0.1) is 0 Å². The molecule has 26 heavy (non-hydrogen) atoms. The normalized spacial score (nSPS) is 21.6. The summed E-state index contributed by atoms with van der Waals surface area (Å²) in [6.45, 7) is 6.23. The van der Waals surface area contributed by atoms with E-state index in [0.717, 1.165) is 70.8 Å². The number of nitrogens with zero attached hydrogens (tertiary/aromatic N) is 3. The van der Waals surface area contributed by atoms with E-state index < -0.39 is 5.60 Å². The highest BCUT2D eigenvalue weighted by molar-refractivity contribution is 5.77.